The third-order valence-corrected chi connectivity index (χ3v) is 5.36. The molecule has 0 aromatic carbocycles. The van der Waals surface area contributed by atoms with Gasteiger partial charge in [-0.05, 0) is 56.8 Å². The maximum absolute atomic E-state index is 12.0. The second kappa shape index (κ2) is 9.04. The summed E-state index contributed by atoms with van der Waals surface area (Å²) in [5, 5.41) is 5.68. The highest BCUT2D eigenvalue weighted by Crippen LogP contribution is 2.19. The second-order valence-corrected chi connectivity index (χ2v) is 7.32. The molecule has 2 amide bonds. The number of piperidine rings is 1. The Balaban J connectivity index is 1.32. The fourth-order valence-corrected chi connectivity index (χ4v) is 3.79. The monoisotopic (exact) mass is 347 g/mol. The first-order valence-corrected chi connectivity index (χ1v) is 9.54. The van der Waals surface area contributed by atoms with Gasteiger partial charge in [0.25, 0.3) is 0 Å². The van der Waals surface area contributed by atoms with E-state index in [9.17, 15) is 9.59 Å². The first-order valence-electron chi connectivity index (χ1n) is 9.54. The maximum Gasteiger partial charge on any atom is 0.309 e. The topological polar surface area (TPSA) is 74.6 Å². The summed E-state index contributed by atoms with van der Waals surface area (Å²) >= 11 is 0. The second-order valence-electron chi connectivity index (χ2n) is 7.32. The van der Waals surface area contributed by atoms with E-state index in [0.29, 0.717) is 12.5 Å². The molecule has 0 unspecified atom stereocenters. The number of nitrogens with zero attached hydrogens (tertiary/aromatic N) is 1. The average Bonchev–Trinajstić information content (AvgIpc) is 3.14. The summed E-state index contributed by atoms with van der Waals surface area (Å²) in [6.07, 6.45) is 9.27. The van der Waals surface area contributed by atoms with Gasteiger partial charge in [0.1, 0.15) is 5.76 Å². The lowest BCUT2D eigenvalue weighted by atomic mass is 9.95. The molecule has 2 fully saturated rings. The van der Waals surface area contributed by atoms with Crippen molar-refractivity contribution in [1.29, 1.82) is 0 Å². The van der Waals surface area contributed by atoms with Crippen molar-refractivity contribution in [1.82, 2.24) is 15.5 Å². The standard InChI is InChI=1S/C19H29N3O3/c23-18(19(24)21-16-5-2-1-3-6-16)20-13-15-8-10-22(11-9-15)14-17-7-4-12-25-17/h4,7,12,15-16H,1-3,5-6,8-11,13-14H2,(H,20,23)(H,21,24). The molecule has 1 aromatic rings. The quantitative estimate of drug-likeness (QED) is 0.800. The summed E-state index contributed by atoms with van der Waals surface area (Å²) in [6, 6.07) is 4.09. The van der Waals surface area contributed by atoms with Gasteiger partial charge in [0.15, 0.2) is 0 Å². The molecular formula is C19H29N3O3. The molecule has 1 saturated heterocycles. The molecule has 138 valence electrons. The summed E-state index contributed by atoms with van der Waals surface area (Å²) < 4.78 is 5.39. The van der Waals surface area contributed by atoms with Crippen LogP contribution < -0.4 is 10.6 Å². The first kappa shape index (κ1) is 18.0. The van der Waals surface area contributed by atoms with Gasteiger partial charge in [0, 0.05) is 12.6 Å². The maximum atomic E-state index is 12.0. The van der Waals surface area contributed by atoms with Crippen LogP contribution in [0.2, 0.25) is 0 Å². The van der Waals surface area contributed by atoms with Gasteiger partial charge in [-0.3, -0.25) is 14.5 Å². The van der Waals surface area contributed by atoms with Crippen molar-refractivity contribution in [3.63, 3.8) is 0 Å². The summed E-state index contributed by atoms with van der Waals surface area (Å²) in [5.74, 6) is 0.483. The van der Waals surface area contributed by atoms with Crippen LogP contribution in [0.1, 0.15) is 50.7 Å². The highest BCUT2D eigenvalue weighted by Gasteiger charge is 2.23. The van der Waals surface area contributed by atoms with Crippen LogP contribution in [0.4, 0.5) is 0 Å². The molecule has 0 atom stereocenters. The fraction of sp³-hybridized carbons (Fsp3) is 0.684. The van der Waals surface area contributed by atoms with E-state index >= 15 is 0 Å². The van der Waals surface area contributed by atoms with Crippen molar-refractivity contribution in [2.75, 3.05) is 19.6 Å². The number of nitrogens with one attached hydrogen (secondary N) is 2. The van der Waals surface area contributed by atoms with Crippen LogP contribution in [0.25, 0.3) is 0 Å². The van der Waals surface area contributed by atoms with E-state index in [1.54, 1.807) is 6.26 Å². The predicted molar refractivity (Wildman–Crippen MR) is 94.7 cm³/mol. The molecule has 2 aliphatic rings. The largest absolute Gasteiger partial charge is 0.468 e. The predicted octanol–water partition coefficient (Wildman–Crippen LogP) is 2.06. The summed E-state index contributed by atoms with van der Waals surface area (Å²) in [6.45, 7) is 3.42. The summed E-state index contributed by atoms with van der Waals surface area (Å²) in [7, 11) is 0. The number of rotatable bonds is 5. The number of likely N-dealkylation sites (tertiary alicyclic amines) is 1. The minimum atomic E-state index is -0.483. The Morgan fingerprint density at radius 2 is 1.84 bits per heavy atom. The molecule has 0 spiro atoms. The lowest BCUT2D eigenvalue weighted by Crippen LogP contribution is -2.47. The lowest BCUT2D eigenvalue weighted by molar-refractivity contribution is -0.139. The van der Waals surface area contributed by atoms with Gasteiger partial charge >= 0.3 is 11.8 Å². The fourth-order valence-electron chi connectivity index (χ4n) is 3.79. The van der Waals surface area contributed by atoms with Crippen molar-refractivity contribution in [3.05, 3.63) is 24.2 Å². The lowest BCUT2D eigenvalue weighted by Gasteiger charge is -2.31. The van der Waals surface area contributed by atoms with Gasteiger partial charge in [0.05, 0.1) is 12.8 Å². The van der Waals surface area contributed by atoms with Gasteiger partial charge in [0.2, 0.25) is 0 Å². The molecule has 0 radical (unpaired) electrons. The average molecular weight is 347 g/mol. The zero-order valence-corrected chi connectivity index (χ0v) is 14.8. The van der Waals surface area contributed by atoms with E-state index in [-0.39, 0.29) is 6.04 Å². The molecule has 1 aliphatic heterocycles. The van der Waals surface area contributed by atoms with Crippen LogP contribution >= 0.6 is 0 Å². The number of amides is 2. The molecule has 2 N–H and O–H groups in total. The Morgan fingerprint density at radius 1 is 1.08 bits per heavy atom. The minimum absolute atomic E-state index is 0.178. The number of carbonyl (C=O) groups is 2. The van der Waals surface area contributed by atoms with Crippen molar-refractivity contribution in [2.24, 2.45) is 5.92 Å². The molecule has 0 bridgehead atoms. The molecule has 1 saturated carbocycles. The molecule has 2 heterocycles. The van der Waals surface area contributed by atoms with Gasteiger partial charge in [-0.2, -0.15) is 0 Å². The zero-order valence-electron chi connectivity index (χ0n) is 14.8. The highest BCUT2D eigenvalue weighted by molar-refractivity contribution is 6.35. The van der Waals surface area contributed by atoms with E-state index in [1.807, 2.05) is 12.1 Å². The molecular weight excluding hydrogens is 318 g/mol. The van der Waals surface area contributed by atoms with E-state index < -0.39 is 11.8 Å². The molecule has 1 aromatic heterocycles. The summed E-state index contributed by atoms with van der Waals surface area (Å²) in [4.78, 5) is 26.3. The number of furan rings is 1. The normalized spacial score (nSPS) is 20.3. The Hall–Kier alpha value is -1.82. The third kappa shape index (κ3) is 5.59. The molecule has 6 heteroatoms. The first-order chi connectivity index (χ1) is 12.2. The van der Waals surface area contributed by atoms with Crippen LogP contribution in [-0.2, 0) is 16.1 Å². The van der Waals surface area contributed by atoms with Crippen LogP contribution in [0.15, 0.2) is 22.8 Å². The van der Waals surface area contributed by atoms with E-state index in [2.05, 4.69) is 15.5 Å². The smallest absolute Gasteiger partial charge is 0.309 e. The molecule has 1 aliphatic carbocycles. The van der Waals surface area contributed by atoms with E-state index in [1.165, 1.54) is 6.42 Å². The SMILES string of the molecule is O=C(NCC1CCN(Cc2ccco2)CC1)C(=O)NC1CCCCC1. The van der Waals surface area contributed by atoms with Gasteiger partial charge in [-0.25, -0.2) is 0 Å². The van der Waals surface area contributed by atoms with Gasteiger partial charge in [-0.1, -0.05) is 19.3 Å². The van der Waals surface area contributed by atoms with Crippen molar-refractivity contribution >= 4 is 11.8 Å². The van der Waals surface area contributed by atoms with Crippen molar-refractivity contribution in [3.8, 4) is 0 Å². The summed E-state index contributed by atoms with van der Waals surface area (Å²) in [5.41, 5.74) is 0. The Bertz CT molecular complexity index is 544. The van der Waals surface area contributed by atoms with Crippen molar-refractivity contribution < 1.29 is 14.0 Å². The van der Waals surface area contributed by atoms with Crippen LogP contribution in [0, 0.1) is 5.92 Å². The van der Waals surface area contributed by atoms with Crippen LogP contribution in [0.3, 0.4) is 0 Å². The van der Waals surface area contributed by atoms with Gasteiger partial charge < -0.3 is 15.1 Å². The van der Waals surface area contributed by atoms with E-state index in [4.69, 9.17) is 4.42 Å². The molecule has 6 nitrogen and oxygen atoms in total. The van der Waals surface area contributed by atoms with E-state index in [0.717, 1.165) is 63.9 Å². The van der Waals surface area contributed by atoms with Gasteiger partial charge in [-0.15, -0.1) is 0 Å². The Labute approximate surface area is 149 Å². The number of hydrogen-bond donors (Lipinski definition) is 2. The Kier molecular flexibility index (Phi) is 6.50. The minimum Gasteiger partial charge on any atom is -0.468 e. The highest BCUT2D eigenvalue weighted by atomic mass is 16.3. The van der Waals surface area contributed by atoms with Crippen molar-refractivity contribution in [2.45, 2.75) is 57.5 Å². The van der Waals surface area contributed by atoms with Crippen LogP contribution in [0.5, 0.6) is 0 Å². The number of carbonyl (C=O) groups excluding carboxylic acids is 2. The number of hydrogen-bond acceptors (Lipinski definition) is 4. The zero-order chi connectivity index (χ0) is 17.5. The third-order valence-electron chi connectivity index (χ3n) is 5.36. The molecule has 25 heavy (non-hydrogen) atoms. The Morgan fingerprint density at radius 3 is 2.52 bits per heavy atom. The van der Waals surface area contributed by atoms with Crippen LogP contribution in [-0.4, -0.2) is 42.4 Å². The molecule has 3 rings (SSSR count).